The Morgan fingerprint density at radius 2 is 0.323 bits per heavy atom. The van der Waals surface area contributed by atoms with Crippen LogP contribution in [0.3, 0.4) is 0 Å². The molecule has 374 valence electrons. The predicted molar refractivity (Wildman–Crippen MR) is 240 cm³/mol. The van der Waals surface area contributed by atoms with Gasteiger partial charge in [-0.3, -0.25) is 0 Å². The molecule has 0 aliphatic rings. The van der Waals surface area contributed by atoms with Crippen LogP contribution < -0.4 is 0 Å². The van der Waals surface area contributed by atoms with Gasteiger partial charge in [-0.25, -0.2) is 0 Å². The Labute approximate surface area is 381 Å². The molecule has 62 heavy (non-hydrogen) atoms. The lowest BCUT2D eigenvalue weighted by Gasteiger charge is -2.09. The quantitative estimate of drug-likeness (QED) is 0.0679. The second-order valence-corrected chi connectivity index (χ2v) is 14.1. The molecule has 0 aromatic rings. The van der Waals surface area contributed by atoms with Crippen LogP contribution in [0.15, 0.2) is 0 Å². The van der Waals surface area contributed by atoms with Crippen LogP contribution in [0.5, 0.6) is 0 Å². The number of ether oxygens (including phenoxy) is 17. The minimum absolute atomic E-state index is 0.502. The van der Waals surface area contributed by atoms with Gasteiger partial charge >= 0.3 is 0 Å². The van der Waals surface area contributed by atoms with Crippen LogP contribution in [-0.2, 0) is 80.5 Å². The summed E-state index contributed by atoms with van der Waals surface area (Å²) in [6, 6.07) is 0. The monoisotopic (exact) mass is 923 g/mol. The highest BCUT2D eigenvalue weighted by Crippen LogP contribution is 2.10. The molecule has 0 spiro atoms. The van der Waals surface area contributed by atoms with Crippen molar-refractivity contribution in [3.8, 4) is 0 Å². The third-order valence-corrected chi connectivity index (χ3v) is 8.77. The van der Waals surface area contributed by atoms with Gasteiger partial charge in [-0.05, 0) is 18.6 Å². The Hall–Kier alpha value is -0.330. The van der Waals surface area contributed by atoms with E-state index in [2.05, 4.69) is 12.6 Å². The largest absolute Gasteiger partial charge is 0.382 e. The van der Waals surface area contributed by atoms with E-state index in [9.17, 15) is 0 Å². The van der Waals surface area contributed by atoms with Crippen LogP contribution >= 0.6 is 12.6 Å². The van der Waals surface area contributed by atoms with E-state index >= 15 is 0 Å². The normalized spacial score (nSPS) is 11.7. The van der Waals surface area contributed by atoms with Crippen molar-refractivity contribution in [3.05, 3.63) is 0 Å². The fourth-order valence-corrected chi connectivity index (χ4v) is 5.32. The minimum atomic E-state index is 0.502. The van der Waals surface area contributed by atoms with Gasteiger partial charge in [0.05, 0.1) is 211 Å². The fraction of sp³-hybridized carbons (Fsp3) is 1.00. The van der Waals surface area contributed by atoms with E-state index in [1.807, 2.05) is 0 Å². The van der Waals surface area contributed by atoms with Crippen LogP contribution in [-0.4, -0.2) is 231 Å². The lowest BCUT2D eigenvalue weighted by molar-refractivity contribution is -0.0306. The third kappa shape index (κ3) is 59.7. The van der Waals surface area contributed by atoms with Crippen molar-refractivity contribution >= 4 is 12.6 Å². The first-order valence-corrected chi connectivity index (χ1v) is 23.9. The number of rotatable bonds is 59. The molecule has 0 N–H and O–H groups in total. The summed E-state index contributed by atoms with van der Waals surface area (Å²) < 4.78 is 92.9. The van der Waals surface area contributed by atoms with Gasteiger partial charge in [-0.1, -0.05) is 44.9 Å². The van der Waals surface area contributed by atoms with Gasteiger partial charge in [0.1, 0.15) is 0 Å². The SMILES string of the molecule is COCCOCCOCCOCCOCCOCCOCCOCCOCCOCCOCCOCCOCCOCCOCCOCCOCCCCCCCCCCCS. The molecule has 0 unspecified atom stereocenters. The molecular formula is C44H90O17S. The van der Waals surface area contributed by atoms with Crippen LogP contribution in [0.4, 0.5) is 0 Å². The maximum absolute atomic E-state index is 5.65. The average molecular weight is 923 g/mol. The molecule has 0 atom stereocenters. The van der Waals surface area contributed by atoms with E-state index in [0.29, 0.717) is 211 Å². The van der Waals surface area contributed by atoms with Gasteiger partial charge in [0, 0.05) is 13.7 Å². The number of unbranched alkanes of at least 4 members (excludes halogenated alkanes) is 8. The molecule has 0 aromatic heterocycles. The Bertz CT molecular complexity index is 708. The minimum Gasteiger partial charge on any atom is -0.382 e. The maximum Gasteiger partial charge on any atom is 0.0701 e. The van der Waals surface area contributed by atoms with E-state index in [1.54, 1.807) is 7.11 Å². The highest BCUT2D eigenvalue weighted by Gasteiger charge is 1.99. The summed E-state index contributed by atoms with van der Waals surface area (Å²) in [7, 11) is 1.65. The Kier molecular flexibility index (Phi) is 60.3. The van der Waals surface area contributed by atoms with Gasteiger partial charge in [0.25, 0.3) is 0 Å². The molecule has 0 heterocycles. The van der Waals surface area contributed by atoms with Crippen LogP contribution in [0.25, 0.3) is 0 Å². The first kappa shape index (κ1) is 61.7. The summed E-state index contributed by atoms with van der Waals surface area (Å²) in [4.78, 5) is 0. The summed E-state index contributed by atoms with van der Waals surface area (Å²) in [6.45, 7) is 17.7. The smallest absolute Gasteiger partial charge is 0.0701 e. The van der Waals surface area contributed by atoms with E-state index in [1.165, 1.54) is 51.4 Å². The van der Waals surface area contributed by atoms with Crippen molar-refractivity contribution < 1.29 is 80.5 Å². The van der Waals surface area contributed by atoms with Crippen LogP contribution in [0.2, 0.25) is 0 Å². The van der Waals surface area contributed by atoms with Crippen molar-refractivity contribution in [2.75, 3.05) is 231 Å². The summed E-state index contributed by atoms with van der Waals surface area (Å²) in [5.74, 6) is 1.02. The molecule has 0 bridgehead atoms. The van der Waals surface area contributed by atoms with E-state index in [-0.39, 0.29) is 0 Å². The van der Waals surface area contributed by atoms with Crippen molar-refractivity contribution in [2.24, 2.45) is 0 Å². The molecule has 0 rings (SSSR count). The number of hydrogen-bond acceptors (Lipinski definition) is 18. The summed E-state index contributed by atoms with van der Waals surface area (Å²) in [5.41, 5.74) is 0. The second kappa shape index (κ2) is 60.7. The Balaban J connectivity index is 3.06. The first-order valence-electron chi connectivity index (χ1n) is 23.3. The zero-order valence-electron chi connectivity index (χ0n) is 38.8. The van der Waals surface area contributed by atoms with Crippen LogP contribution in [0.1, 0.15) is 57.8 Å². The molecule has 0 saturated heterocycles. The van der Waals surface area contributed by atoms with E-state index < -0.39 is 0 Å². The van der Waals surface area contributed by atoms with Gasteiger partial charge in [-0.2, -0.15) is 12.6 Å². The summed E-state index contributed by atoms with van der Waals surface area (Å²) in [6.07, 6.45) is 11.7. The van der Waals surface area contributed by atoms with Crippen LogP contribution in [0, 0.1) is 0 Å². The number of thiol groups is 1. The van der Waals surface area contributed by atoms with E-state index in [4.69, 9.17) is 80.5 Å². The molecule has 0 radical (unpaired) electrons. The van der Waals surface area contributed by atoms with Gasteiger partial charge in [0.2, 0.25) is 0 Å². The molecule has 0 aliphatic carbocycles. The lowest BCUT2D eigenvalue weighted by Crippen LogP contribution is -2.16. The van der Waals surface area contributed by atoms with Crippen molar-refractivity contribution in [2.45, 2.75) is 57.8 Å². The topological polar surface area (TPSA) is 157 Å². The third-order valence-electron chi connectivity index (χ3n) is 8.46. The highest BCUT2D eigenvalue weighted by atomic mass is 32.1. The molecule has 18 heteroatoms. The molecule has 0 amide bonds. The van der Waals surface area contributed by atoms with Crippen molar-refractivity contribution in [3.63, 3.8) is 0 Å². The number of methoxy groups -OCH3 is 1. The van der Waals surface area contributed by atoms with Crippen molar-refractivity contribution in [1.82, 2.24) is 0 Å². The Morgan fingerprint density at radius 1 is 0.177 bits per heavy atom. The maximum atomic E-state index is 5.65. The second-order valence-electron chi connectivity index (χ2n) is 13.7. The zero-order valence-corrected chi connectivity index (χ0v) is 39.7. The molecular weight excluding hydrogens is 833 g/mol. The van der Waals surface area contributed by atoms with Gasteiger partial charge < -0.3 is 80.5 Å². The molecule has 17 nitrogen and oxygen atoms in total. The summed E-state index contributed by atoms with van der Waals surface area (Å²) >= 11 is 4.26. The summed E-state index contributed by atoms with van der Waals surface area (Å²) in [5, 5.41) is 0. The molecule has 0 aromatic carbocycles. The average Bonchev–Trinajstić information content (AvgIpc) is 3.28. The predicted octanol–water partition coefficient (Wildman–Crippen LogP) is 4.34. The molecule has 0 saturated carbocycles. The van der Waals surface area contributed by atoms with Gasteiger partial charge in [0.15, 0.2) is 0 Å². The van der Waals surface area contributed by atoms with Crippen molar-refractivity contribution in [1.29, 1.82) is 0 Å². The fourth-order valence-electron chi connectivity index (χ4n) is 5.10. The van der Waals surface area contributed by atoms with Gasteiger partial charge in [-0.15, -0.1) is 0 Å². The standard InChI is InChI=1S/C44H90O17S/c1-45-12-13-47-16-17-49-20-21-51-24-25-53-28-29-55-32-33-57-36-37-59-40-41-61-43-42-60-39-38-58-35-34-56-31-30-54-27-26-52-23-22-50-19-18-48-15-14-46-11-9-7-5-3-2-4-6-8-10-44-62/h62H,2-44H2,1H3. The lowest BCUT2D eigenvalue weighted by atomic mass is 10.1. The first-order chi connectivity index (χ1) is 30.9. The molecule has 0 aliphatic heterocycles. The molecule has 0 fully saturated rings. The zero-order chi connectivity index (χ0) is 44.4. The van der Waals surface area contributed by atoms with E-state index in [0.717, 1.165) is 18.8 Å². The number of hydrogen-bond donors (Lipinski definition) is 1. The highest BCUT2D eigenvalue weighted by molar-refractivity contribution is 7.80. The Morgan fingerprint density at radius 3 is 0.500 bits per heavy atom.